The Kier molecular flexibility index (Phi) is 18.6. The van der Waals surface area contributed by atoms with E-state index in [1.54, 1.807) is 39.2 Å². The maximum Gasteiger partial charge on any atom is 0.425 e. The molecule has 0 saturated heterocycles. The molecule has 23 nitrogen and oxygen atoms in total. The van der Waals surface area contributed by atoms with Gasteiger partial charge in [-0.2, -0.15) is 47.5 Å². The fourth-order valence-corrected chi connectivity index (χ4v) is 8.86. The minimum absolute atomic E-state index is 0.00978. The predicted octanol–water partition coefficient (Wildman–Crippen LogP) is 13.4. The maximum atomic E-state index is 12.3. The number of rotatable bonds is 13. The highest BCUT2D eigenvalue weighted by molar-refractivity contribution is 7.86. The first-order valence-corrected chi connectivity index (χ1v) is 27.3. The van der Waals surface area contributed by atoms with Gasteiger partial charge >= 0.3 is 21.2 Å². The van der Waals surface area contributed by atoms with E-state index in [-0.39, 0.29) is 22.2 Å². The van der Waals surface area contributed by atoms with Crippen molar-refractivity contribution in [1.82, 2.24) is 0 Å². The molecular weight excluding hydrogens is 1090 g/mol. The summed E-state index contributed by atoms with van der Waals surface area (Å²) in [5.41, 5.74) is 9.73. The van der Waals surface area contributed by atoms with Crippen LogP contribution in [0.1, 0.15) is 33.4 Å². The zero-order valence-corrected chi connectivity index (χ0v) is 45.4. The van der Waals surface area contributed by atoms with Gasteiger partial charge in [-0.05, 0) is 189 Å². The molecule has 402 valence electrons. The number of benzene rings is 8. The number of aromatic hydroxyl groups is 1. The molecule has 0 fully saturated rings. The van der Waals surface area contributed by atoms with Gasteiger partial charge in [0.2, 0.25) is 0 Å². The topological polar surface area (TPSA) is 352 Å². The average molecular weight is 1140 g/mol. The van der Waals surface area contributed by atoms with Crippen molar-refractivity contribution in [2.45, 2.75) is 51.3 Å². The third-order valence-electron chi connectivity index (χ3n) is 11.4. The van der Waals surface area contributed by atoms with E-state index < -0.39 is 51.2 Å². The molecule has 0 bridgehead atoms. The largest absolute Gasteiger partial charge is 0.505 e. The van der Waals surface area contributed by atoms with Crippen LogP contribution in [0.25, 0.3) is 21.5 Å². The van der Waals surface area contributed by atoms with Gasteiger partial charge in [0.05, 0.1) is 41.2 Å². The molecule has 0 radical (unpaired) electrons. The molecule has 27 heteroatoms. The van der Waals surface area contributed by atoms with E-state index in [2.05, 4.69) is 46.2 Å². The third-order valence-corrected chi connectivity index (χ3v) is 13.2. The van der Waals surface area contributed by atoms with Crippen molar-refractivity contribution in [1.29, 1.82) is 0 Å². The molecule has 0 heterocycles. The summed E-state index contributed by atoms with van der Waals surface area (Å²) in [5, 5.41) is 51.5. The summed E-state index contributed by atoms with van der Waals surface area (Å²) >= 11 is 0. The second kappa shape index (κ2) is 24.9. The lowest BCUT2D eigenvalue weighted by Gasteiger charge is -2.10. The van der Waals surface area contributed by atoms with Crippen LogP contribution >= 0.6 is 0 Å². The summed E-state index contributed by atoms with van der Waals surface area (Å²) in [6.45, 7) is 11.1. The molecule has 4 N–H and O–H groups in total. The summed E-state index contributed by atoms with van der Waals surface area (Å²) in [6.07, 6.45) is 0. The van der Waals surface area contributed by atoms with Crippen LogP contribution in [0.4, 0.5) is 56.9 Å². The maximum absolute atomic E-state index is 12.3. The second-order valence-electron chi connectivity index (χ2n) is 17.0. The molecule has 8 aromatic rings. The quantitative estimate of drug-likeness (QED) is 0.0615. The summed E-state index contributed by atoms with van der Waals surface area (Å²) < 4.78 is 124. The van der Waals surface area contributed by atoms with Crippen molar-refractivity contribution in [2.75, 3.05) is 12.4 Å². The molecule has 0 aliphatic heterocycles. The average Bonchev–Trinajstić information content (AvgIpc) is 3.45. The first-order valence-electron chi connectivity index (χ1n) is 22.4. The van der Waals surface area contributed by atoms with E-state index in [0.717, 1.165) is 63.0 Å². The van der Waals surface area contributed by atoms with Crippen molar-refractivity contribution in [3.8, 4) is 11.5 Å². The van der Waals surface area contributed by atoms with Crippen LogP contribution < -0.4 is 10.1 Å². The lowest BCUT2D eigenvalue weighted by molar-refractivity contribution is 0.415. The number of hydrogen-bond donors (Lipinski definition) is 4. The van der Waals surface area contributed by atoms with E-state index in [1.165, 1.54) is 12.1 Å². The summed E-state index contributed by atoms with van der Waals surface area (Å²) in [6, 6.07) is 34.0. The van der Waals surface area contributed by atoms with Crippen molar-refractivity contribution < 1.29 is 61.0 Å². The van der Waals surface area contributed by atoms with Gasteiger partial charge in [-0.15, -0.1) is 35.5 Å². The fourth-order valence-electron chi connectivity index (χ4n) is 7.51. The van der Waals surface area contributed by atoms with Gasteiger partial charge in [-0.25, -0.2) is 0 Å². The Balaban J connectivity index is 0.00000115. The molecule has 0 amide bonds. The SMILES string of the molecule is COc1ccc(Nc2ccc3c(O)c(N=Nc4cc(C)c(N=Nc5cc(C)c(N=Nc6cc(C)c(N=Nc7cc8c(S(=O)(=O)O)cccc8cc7S(=O)(=O)O)cc6C)cc5C)cc4C)ccc3c2)cc1.O=S(=O)=O.O=S(=O)=O. The molecule has 0 aliphatic carbocycles. The summed E-state index contributed by atoms with van der Waals surface area (Å²) in [7, 11) is -14.1. The highest BCUT2D eigenvalue weighted by Crippen LogP contribution is 2.40. The van der Waals surface area contributed by atoms with Crippen LogP contribution in [0.2, 0.25) is 0 Å². The number of nitrogens with one attached hydrogen (secondary N) is 1. The van der Waals surface area contributed by atoms with Crippen molar-refractivity contribution in [3.05, 3.63) is 155 Å². The van der Waals surface area contributed by atoms with Gasteiger partial charge in [0.25, 0.3) is 20.2 Å². The Bertz CT molecular complexity index is 4230. The Labute approximate surface area is 449 Å². The monoisotopic (exact) mass is 1140 g/mol. The molecule has 78 heavy (non-hydrogen) atoms. The Morgan fingerprint density at radius 2 is 0.782 bits per heavy atom. The molecule has 8 rings (SSSR count). The predicted molar refractivity (Wildman–Crippen MR) is 289 cm³/mol. The minimum Gasteiger partial charge on any atom is -0.505 e. The van der Waals surface area contributed by atoms with E-state index in [4.69, 9.17) is 30.0 Å². The Hall–Kier alpha value is -8.86. The molecular formula is C51H45N9O14S4. The number of phenols is 1. The first-order chi connectivity index (χ1) is 36.7. The molecule has 0 saturated carbocycles. The number of hydrogen-bond acceptors (Lipinski definition) is 21. The number of azo groups is 4. The van der Waals surface area contributed by atoms with Gasteiger partial charge in [0, 0.05) is 22.1 Å². The zero-order valence-electron chi connectivity index (χ0n) is 42.1. The Morgan fingerprint density at radius 3 is 1.18 bits per heavy atom. The van der Waals surface area contributed by atoms with E-state index in [0.29, 0.717) is 56.3 Å². The molecule has 0 aliphatic rings. The smallest absolute Gasteiger partial charge is 0.425 e. The van der Waals surface area contributed by atoms with Gasteiger partial charge < -0.3 is 15.2 Å². The van der Waals surface area contributed by atoms with Crippen LogP contribution in [-0.2, 0) is 41.5 Å². The van der Waals surface area contributed by atoms with Crippen LogP contribution in [0.15, 0.2) is 172 Å². The number of fused-ring (bicyclic) bond motifs is 2. The highest BCUT2D eigenvalue weighted by Gasteiger charge is 2.21. The number of ether oxygens (including phenoxy) is 1. The molecule has 8 aromatic carbocycles. The van der Waals surface area contributed by atoms with Crippen LogP contribution in [-0.4, -0.2) is 63.4 Å². The fraction of sp³-hybridized carbons (Fsp3) is 0.137. The molecule has 0 unspecified atom stereocenters. The summed E-state index contributed by atoms with van der Waals surface area (Å²) in [5.74, 6) is 0.798. The molecule has 0 atom stereocenters. The van der Waals surface area contributed by atoms with E-state index in [9.17, 15) is 31.0 Å². The third kappa shape index (κ3) is 15.2. The van der Waals surface area contributed by atoms with Crippen molar-refractivity contribution >= 4 is 120 Å². The number of aryl methyl sites for hydroxylation is 6. The first kappa shape index (κ1) is 58.4. The second-order valence-corrected chi connectivity index (χ2v) is 20.6. The molecule has 0 aromatic heterocycles. The van der Waals surface area contributed by atoms with Crippen molar-refractivity contribution in [3.63, 3.8) is 0 Å². The number of methoxy groups -OCH3 is 1. The lowest BCUT2D eigenvalue weighted by atomic mass is 10.1. The van der Waals surface area contributed by atoms with Crippen molar-refractivity contribution in [2.24, 2.45) is 40.9 Å². The standard InChI is InChI=1S/C51H45N9O8S2.2O3S/c1-28-20-43(29(2)19-42(28)54-53-41-18-11-35-25-37(14-17-39(35)51(41)61)52-36-12-15-38(68-7)16-13-36)55-56-44-21-31(4)45(22-30(44)3)57-58-46-23-33(6)47(24-32(46)5)59-60-48-27-40-34(26-50(48)70(65,66)67)9-8-10-49(40)69(62,63)64;2*1-4(2)3/h8-27,52,61H,1-7H3,(H,62,63,64)(H,65,66,67);;. The van der Waals surface area contributed by atoms with E-state index in [1.807, 2.05) is 100 Å². The molecule has 0 spiro atoms. The highest BCUT2D eigenvalue weighted by atomic mass is 32.2. The van der Waals surface area contributed by atoms with Gasteiger partial charge in [0.1, 0.15) is 26.9 Å². The van der Waals surface area contributed by atoms with E-state index >= 15 is 0 Å². The van der Waals surface area contributed by atoms with Gasteiger partial charge in [0.15, 0.2) is 5.75 Å². The minimum atomic E-state index is -4.81. The number of phenolic OH excluding ortho intramolecular Hbond substituents is 1. The van der Waals surface area contributed by atoms with Gasteiger partial charge in [-0.1, -0.05) is 18.2 Å². The van der Waals surface area contributed by atoms with Crippen LogP contribution in [0.5, 0.6) is 11.5 Å². The Morgan fingerprint density at radius 1 is 0.410 bits per heavy atom. The van der Waals surface area contributed by atoms with Gasteiger partial charge in [-0.3, -0.25) is 9.11 Å². The summed E-state index contributed by atoms with van der Waals surface area (Å²) in [4.78, 5) is -1.05. The lowest BCUT2D eigenvalue weighted by Crippen LogP contribution is -2.01. The zero-order chi connectivity index (χ0) is 57.2. The van der Waals surface area contributed by atoms with Crippen LogP contribution in [0.3, 0.4) is 0 Å². The normalized spacial score (nSPS) is 11.8. The van der Waals surface area contributed by atoms with Crippen LogP contribution in [0, 0.1) is 41.5 Å². The number of anilines is 2. The number of nitrogens with zero attached hydrogens (tertiary/aromatic N) is 8.